The monoisotopic (exact) mass is 222 g/mol. The maximum absolute atomic E-state index is 5.73. The molecule has 90 valence electrons. The van der Waals surface area contributed by atoms with E-state index in [0.717, 1.165) is 18.1 Å². The number of ether oxygens (including phenoxy) is 2. The van der Waals surface area contributed by atoms with Gasteiger partial charge in [-0.15, -0.1) is 0 Å². The Morgan fingerprint density at radius 2 is 1.50 bits per heavy atom. The molecule has 0 N–H and O–H groups in total. The first kappa shape index (κ1) is 12.9. The molecule has 0 unspecified atom stereocenters. The van der Waals surface area contributed by atoms with Crippen molar-refractivity contribution in [3.8, 4) is 11.5 Å². The molecule has 0 fully saturated rings. The third-order valence-electron chi connectivity index (χ3n) is 1.83. The lowest BCUT2D eigenvalue weighted by Gasteiger charge is -2.21. The molecule has 0 aliphatic heterocycles. The molecule has 0 heterocycles. The molecule has 0 aliphatic carbocycles. The van der Waals surface area contributed by atoms with Crippen molar-refractivity contribution in [2.75, 3.05) is 6.61 Å². The number of hydrogen-bond acceptors (Lipinski definition) is 2. The molecule has 0 bridgehead atoms. The third kappa shape index (κ3) is 5.06. The van der Waals surface area contributed by atoms with Crippen molar-refractivity contribution in [3.63, 3.8) is 0 Å². The van der Waals surface area contributed by atoms with E-state index in [-0.39, 0.29) is 5.60 Å². The predicted octanol–water partition coefficient (Wildman–Crippen LogP) is 3.90. The highest BCUT2D eigenvalue weighted by atomic mass is 16.5. The second-order valence-corrected chi connectivity index (χ2v) is 5.39. The standard InChI is InChI=1S/C14H22O2/c1-11(2)10-15-12-6-8-13(9-7-12)16-14(3,4)5/h6-9,11H,10H2,1-5H3. The van der Waals surface area contributed by atoms with Crippen LogP contribution in [0.4, 0.5) is 0 Å². The quantitative estimate of drug-likeness (QED) is 0.769. The summed E-state index contributed by atoms with van der Waals surface area (Å²) >= 11 is 0. The molecule has 1 aromatic carbocycles. The SMILES string of the molecule is CC(C)COc1ccc(OC(C)(C)C)cc1. The Kier molecular flexibility index (Phi) is 4.22. The van der Waals surface area contributed by atoms with Gasteiger partial charge in [0.05, 0.1) is 6.61 Å². The fourth-order valence-corrected chi connectivity index (χ4v) is 1.22. The van der Waals surface area contributed by atoms with Crippen LogP contribution in [0.2, 0.25) is 0 Å². The van der Waals surface area contributed by atoms with E-state index in [1.165, 1.54) is 0 Å². The second-order valence-electron chi connectivity index (χ2n) is 5.39. The van der Waals surface area contributed by atoms with Gasteiger partial charge in [0.15, 0.2) is 0 Å². The maximum Gasteiger partial charge on any atom is 0.120 e. The van der Waals surface area contributed by atoms with Crippen LogP contribution in [0.3, 0.4) is 0 Å². The highest BCUT2D eigenvalue weighted by Gasteiger charge is 2.11. The molecule has 0 aromatic heterocycles. The largest absolute Gasteiger partial charge is 0.493 e. The van der Waals surface area contributed by atoms with Gasteiger partial charge in [0.2, 0.25) is 0 Å². The Bertz CT molecular complexity index is 307. The normalized spacial score (nSPS) is 11.6. The highest BCUT2D eigenvalue weighted by molar-refractivity contribution is 5.31. The lowest BCUT2D eigenvalue weighted by atomic mass is 10.2. The van der Waals surface area contributed by atoms with E-state index < -0.39 is 0 Å². The Morgan fingerprint density at radius 1 is 1.00 bits per heavy atom. The average molecular weight is 222 g/mol. The molecule has 0 amide bonds. The van der Waals surface area contributed by atoms with Crippen LogP contribution in [0.1, 0.15) is 34.6 Å². The second kappa shape index (κ2) is 5.24. The Balaban J connectivity index is 2.54. The van der Waals surface area contributed by atoms with Crippen LogP contribution in [-0.4, -0.2) is 12.2 Å². The summed E-state index contributed by atoms with van der Waals surface area (Å²) in [5, 5.41) is 0. The summed E-state index contributed by atoms with van der Waals surface area (Å²) in [4.78, 5) is 0. The van der Waals surface area contributed by atoms with E-state index in [1.807, 2.05) is 45.0 Å². The number of hydrogen-bond donors (Lipinski definition) is 0. The molecule has 2 heteroatoms. The molecule has 1 aromatic rings. The van der Waals surface area contributed by atoms with Crippen LogP contribution in [0.25, 0.3) is 0 Å². The summed E-state index contributed by atoms with van der Waals surface area (Å²) in [5.41, 5.74) is -0.152. The van der Waals surface area contributed by atoms with E-state index in [0.29, 0.717) is 5.92 Å². The summed E-state index contributed by atoms with van der Waals surface area (Å²) in [6.45, 7) is 11.1. The molecular weight excluding hydrogens is 200 g/mol. The van der Waals surface area contributed by atoms with Crippen LogP contribution >= 0.6 is 0 Å². The summed E-state index contributed by atoms with van der Waals surface area (Å²) in [5.74, 6) is 2.32. The minimum atomic E-state index is -0.152. The van der Waals surface area contributed by atoms with Crippen molar-refractivity contribution in [2.24, 2.45) is 5.92 Å². The number of rotatable bonds is 4. The molecular formula is C14H22O2. The molecule has 0 atom stereocenters. The number of benzene rings is 1. The molecule has 0 saturated carbocycles. The van der Waals surface area contributed by atoms with Gasteiger partial charge in [0, 0.05) is 0 Å². The van der Waals surface area contributed by atoms with Crippen molar-refractivity contribution >= 4 is 0 Å². The first-order valence-electron chi connectivity index (χ1n) is 5.79. The van der Waals surface area contributed by atoms with Crippen LogP contribution in [0.15, 0.2) is 24.3 Å². The fraction of sp³-hybridized carbons (Fsp3) is 0.571. The van der Waals surface area contributed by atoms with Gasteiger partial charge in [-0.05, 0) is 51.0 Å². The lowest BCUT2D eigenvalue weighted by molar-refractivity contribution is 0.130. The minimum absolute atomic E-state index is 0.152. The van der Waals surface area contributed by atoms with Gasteiger partial charge < -0.3 is 9.47 Å². The predicted molar refractivity (Wildman–Crippen MR) is 67.2 cm³/mol. The van der Waals surface area contributed by atoms with E-state index in [4.69, 9.17) is 9.47 Å². The van der Waals surface area contributed by atoms with E-state index in [1.54, 1.807) is 0 Å². The summed E-state index contributed by atoms with van der Waals surface area (Å²) in [6.07, 6.45) is 0. The zero-order valence-corrected chi connectivity index (χ0v) is 10.9. The van der Waals surface area contributed by atoms with E-state index in [9.17, 15) is 0 Å². The van der Waals surface area contributed by atoms with E-state index in [2.05, 4.69) is 13.8 Å². The Morgan fingerprint density at radius 3 is 1.94 bits per heavy atom. The molecule has 0 aliphatic rings. The first-order chi connectivity index (χ1) is 7.37. The maximum atomic E-state index is 5.73. The highest BCUT2D eigenvalue weighted by Crippen LogP contribution is 2.21. The van der Waals surface area contributed by atoms with Crippen LogP contribution in [-0.2, 0) is 0 Å². The van der Waals surface area contributed by atoms with Gasteiger partial charge in [0.1, 0.15) is 17.1 Å². The lowest BCUT2D eigenvalue weighted by Crippen LogP contribution is -2.22. The van der Waals surface area contributed by atoms with Gasteiger partial charge in [-0.2, -0.15) is 0 Å². The summed E-state index contributed by atoms with van der Waals surface area (Å²) < 4.78 is 11.3. The van der Waals surface area contributed by atoms with Gasteiger partial charge in [0.25, 0.3) is 0 Å². The minimum Gasteiger partial charge on any atom is -0.493 e. The zero-order chi connectivity index (χ0) is 12.2. The molecule has 0 spiro atoms. The van der Waals surface area contributed by atoms with Gasteiger partial charge >= 0.3 is 0 Å². The van der Waals surface area contributed by atoms with Gasteiger partial charge in [-0.3, -0.25) is 0 Å². The van der Waals surface area contributed by atoms with Crippen molar-refractivity contribution in [1.82, 2.24) is 0 Å². The Labute approximate surface area is 98.6 Å². The average Bonchev–Trinajstić information content (AvgIpc) is 2.14. The topological polar surface area (TPSA) is 18.5 Å². The first-order valence-corrected chi connectivity index (χ1v) is 5.79. The summed E-state index contributed by atoms with van der Waals surface area (Å²) in [7, 11) is 0. The van der Waals surface area contributed by atoms with Crippen molar-refractivity contribution in [3.05, 3.63) is 24.3 Å². The molecule has 0 saturated heterocycles. The van der Waals surface area contributed by atoms with Crippen LogP contribution in [0.5, 0.6) is 11.5 Å². The fourth-order valence-electron chi connectivity index (χ4n) is 1.22. The van der Waals surface area contributed by atoms with Gasteiger partial charge in [-0.1, -0.05) is 13.8 Å². The van der Waals surface area contributed by atoms with Crippen LogP contribution in [0, 0.1) is 5.92 Å². The van der Waals surface area contributed by atoms with Crippen LogP contribution < -0.4 is 9.47 Å². The van der Waals surface area contributed by atoms with Crippen molar-refractivity contribution in [1.29, 1.82) is 0 Å². The Hall–Kier alpha value is -1.18. The molecule has 2 nitrogen and oxygen atoms in total. The molecule has 0 radical (unpaired) electrons. The van der Waals surface area contributed by atoms with Gasteiger partial charge in [-0.25, -0.2) is 0 Å². The zero-order valence-electron chi connectivity index (χ0n) is 10.9. The van der Waals surface area contributed by atoms with Crippen molar-refractivity contribution in [2.45, 2.75) is 40.2 Å². The molecule has 1 rings (SSSR count). The van der Waals surface area contributed by atoms with E-state index >= 15 is 0 Å². The summed E-state index contributed by atoms with van der Waals surface area (Å²) in [6, 6.07) is 7.79. The smallest absolute Gasteiger partial charge is 0.120 e. The van der Waals surface area contributed by atoms with Crippen molar-refractivity contribution < 1.29 is 9.47 Å². The molecule has 16 heavy (non-hydrogen) atoms. The third-order valence-corrected chi connectivity index (χ3v) is 1.83.